The number of nitrogens with zero attached hydrogens (tertiary/aromatic N) is 2. The second-order valence-electron chi connectivity index (χ2n) is 4.90. The predicted octanol–water partition coefficient (Wildman–Crippen LogP) is 2.03. The van der Waals surface area contributed by atoms with Crippen LogP contribution >= 0.6 is 0 Å². The van der Waals surface area contributed by atoms with Crippen molar-refractivity contribution in [2.45, 2.75) is 51.0 Å². The molecule has 0 spiro atoms. The van der Waals surface area contributed by atoms with Gasteiger partial charge in [-0.3, -0.25) is 4.79 Å². The highest BCUT2D eigenvalue weighted by Crippen LogP contribution is 2.42. The average Bonchev–Trinajstić information content (AvgIpc) is 3.04. The molecular formula is C12H16N2O2. The second-order valence-corrected chi connectivity index (χ2v) is 4.90. The van der Waals surface area contributed by atoms with E-state index in [0.717, 1.165) is 36.6 Å². The lowest BCUT2D eigenvalue weighted by molar-refractivity contribution is -0.139. The first-order valence-corrected chi connectivity index (χ1v) is 5.98. The number of aromatic nitrogens is 2. The predicted molar refractivity (Wildman–Crippen MR) is 58.5 cm³/mol. The van der Waals surface area contributed by atoms with Gasteiger partial charge in [0.15, 0.2) is 0 Å². The Morgan fingerprint density at radius 2 is 2.19 bits per heavy atom. The number of aryl methyl sites for hydroxylation is 1. The zero-order valence-corrected chi connectivity index (χ0v) is 9.44. The molecule has 1 saturated carbocycles. The summed E-state index contributed by atoms with van der Waals surface area (Å²) >= 11 is 0. The van der Waals surface area contributed by atoms with E-state index in [1.165, 1.54) is 12.8 Å². The number of rotatable bonds is 2. The summed E-state index contributed by atoms with van der Waals surface area (Å²) in [4.78, 5) is 15.8. The topological polar surface area (TPSA) is 55.1 Å². The number of carboxylic acid groups (broad SMARTS) is 1. The van der Waals surface area contributed by atoms with E-state index in [-0.39, 0.29) is 5.92 Å². The Kier molecular flexibility index (Phi) is 2.06. The zero-order valence-electron chi connectivity index (χ0n) is 9.44. The molecule has 0 bridgehead atoms. The van der Waals surface area contributed by atoms with E-state index >= 15 is 0 Å². The SMILES string of the molecule is Cc1nc(C2CC2)n2c1C(C(=O)O)CCC2. The molecular weight excluding hydrogens is 204 g/mol. The van der Waals surface area contributed by atoms with Crippen molar-refractivity contribution < 1.29 is 9.90 Å². The van der Waals surface area contributed by atoms with Gasteiger partial charge in [-0.1, -0.05) is 0 Å². The second kappa shape index (κ2) is 3.34. The molecule has 0 amide bonds. The van der Waals surface area contributed by atoms with Crippen LogP contribution in [0.15, 0.2) is 0 Å². The third-order valence-electron chi connectivity index (χ3n) is 3.67. The lowest BCUT2D eigenvalue weighted by atomic mass is 9.95. The quantitative estimate of drug-likeness (QED) is 0.829. The molecule has 16 heavy (non-hydrogen) atoms. The highest BCUT2D eigenvalue weighted by atomic mass is 16.4. The van der Waals surface area contributed by atoms with Gasteiger partial charge in [-0.2, -0.15) is 0 Å². The molecule has 4 heteroatoms. The van der Waals surface area contributed by atoms with Crippen LogP contribution in [0.4, 0.5) is 0 Å². The molecule has 86 valence electrons. The van der Waals surface area contributed by atoms with E-state index in [4.69, 9.17) is 0 Å². The maximum absolute atomic E-state index is 11.2. The molecule has 0 radical (unpaired) electrons. The number of aliphatic carboxylic acids is 1. The monoisotopic (exact) mass is 220 g/mol. The third kappa shape index (κ3) is 1.36. The number of fused-ring (bicyclic) bond motifs is 1. The van der Waals surface area contributed by atoms with Crippen LogP contribution in [0.5, 0.6) is 0 Å². The summed E-state index contributed by atoms with van der Waals surface area (Å²) in [6, 6.07) is 0. The summed E-state index contributed by atoms with van der Waals surface area (Å²) in [5.41, 5.74) is 1.88. The molecule has 1 atom stereocenters. The van der Waals surface area contributed by atoms with E-state index in [9.17, 15) is 9.90 Å². The number of hydrogen-bond donors (Lipinski definition) is 1. The highest BCUT2D eigenvalue weighted by molar-refractivity contribution is 5.76. The third-order valence-corrected chi connectivity index (χ3v) is 3.67. The van der Waals surface area contributed by atoms with Crippen LogP contribution in [0, 0.1) is 6.92 Å². The Labute approximate surface area is 94.3 Å². The first-order chi connectivity index (χ1) is 7.68. The van der Waals surface area contributed by atoms with Gasteiger partial charge in [0.1, 0.15) is 5.82 Å². The van der Waals surface area contributed by atoms with Crippen LogP contribution in [0.2, 0.25) is 0 Å². The summed E-state index contributed by atoms with van der Waals surface area (Å²) in [5.74, 6) is 0.693. The van der Waals surface area contributed by atoms with E-state index in [2.05, 4.69) is 9.55 Å². The Hall–Kier alpha value is -1.32. The van der Waals surface area contributed by atoms with Crippen molar-refractivity contribution in [1.82, 2.24) is 9.55 Å². The largest absolute Gasteiger partial charge is 0.481 e. The van der Waals surface area contributed by atoms with Gasteiger partial charge in [0.25, 0.3) is 0 Å². The normalized spacial score (nSPS) is 24.2. The lowest BCUT2D eigenvalue weighted by Crippen LogP contribution is -2.23. The van der Waals surface area contributed by atoms with Gasteiger partial charge in [0, 0.05) is 12.5 Å². The summed E-state index contributed by atoms with van der Waals surface area (Å²) in [5, 5.41) is 9.23. The van der Waals surface area contributed by atoms with E-state index in [1.807, 2.05) is 6.92 Å². The Morgan fingerprint density at radius 3 is 2.81 bits per heavy atom. The van der Waals surface area contributed by atoms with Crippen LogP contribution < -0.4 is 0 Å². The molecule has 1 N–H and O–H groups in total. The first kappa shape index (κ1) is 9.87. The molecule has 1 unspecified atom stereocenters. The van der Waals surface area contributed by atoms with Gasteiger partial charge in [0.2, 0.25) is 0 Å². The fourth-order valence-corrected chi connectivity index (χ4v) is 2.77. The smallest absolute Gasteiger partial charge is 0.312 e. The minimum atomic E-state index is -0.703. The fraction of sp³-hybridized carbons (Fsp3) is 0.667. The molecule has 1 aliphatic heterocycles. The van der Waals surface area contributed by atoms with Crippen LogP contribution in [-0.2, 0) is 11.3 Å². The first-order valence-electron chi connectivity index (χ1n) is 5.98. The van der Waals surface area contributed by atoms with Gasteiger partial charge in [-0.15, -0.1) is 0 Å². The fourth-order valence-electron chi connectivity index (χ4n) is 2.77. The molecule has 0 aromatic carbocycles. The molecule has 1 aliphatic carbocycles. The van der Waals surface area contributed by atoms with Crippen LogP contribution in [0.1, 0.15) is 54.7 Å². The summed E-state index contributed by atoms with van der Waals surface area (Å²) < 4.78 is 2.18. The molecule has 1 aromatic heterocycles. The van der Waals surface area contributed by atoms with Crippen LogP contribution in [0.25, 0.3) is 0 Å². The van der Waals surface area contributed by atoms with E-state index in [1.54, 1.807) is 0 Å². The maximum Gasteiger partial charge on any atom is 0.312 e. The van der Waals surface area contributed by atoms with Crippen molar-refractivity contribution in [3.8, 4) is 0 Å². The Balaban J connectivity index is 2.09. The van der Waals surface area contributed by atoms with Crippen molar-refractivity contribution >= 4 is 5.97 Å². The molecule has 3 rings (SSSR count). The maximum atomic E-state index is 11.2. The number of carbonyl (C=O) groups is 1. The highest BCUT2D eigenvalue weighted by Gasteiger charge is 2.35. The van der Waals surface area contributed by atoms with Crippen molar-refractivity contribution in [3.63, 3.8) is 0 Å². The van der Waals surface area contributed by atoms with Gasteiger partial charge >= 0.3 is 5.97 Å². The molecule has 1 aromatic rings. The van der Waals surface area contributed by atoms with Crippen molar-refractivity contribution in [3.05, 3.63) is 17.2 Å². The zero-order chi connectivity index (χ0) is 11.3. The summed E-state index contributed by atoms with van der Waals surface area (Å²) in [6.07, 6.45) is 4.15. The van der Waals surface area contributed by atoms with E-state index in [0.29, 0.717) is 5.92 Å². The molecule has 2 heterocycles. The van der Waals surface area contributed by atoms with Crippen molar-refractivity contribution in [2.24, 2.45) is 0 Å². The summed E-state index contributed by atoms with van der Waals surface area (Å²) in [7, 11) is 0. The standard InChI is InChI=1S/C12H16N2O2/c1-7-10-9(12(15)16)3-2-6-14(10)11(13-7)8-4-5-8/h8-9H,2-6H2,1H3,(H,15,16). The van der Waals surface area contributed by atoms with Crippen molar-refractivity contribution in [2.75, 3.05) is 0 Å². The molecule has 1 fully saturated rings. The minimum absolute atomic E-state index is 0.339. The van der Waals surface area contributed by atoms with Crippen LogP contribution in [-0.4, -0.2) is 20.6 Å². The van der Waals surface area contributed by atoms with Gasteiger partial charge in [-0.05, 0) is 32.6 Å². The van der Waals surface area contributed by atoms with E-state index < -0.39 is 5.97 Å². The van der Waals surface area contributed by atoms with Gasteiger partial charge in [-0.25, -0.2) is 4.98 Å². The molecule has 2 aliphatic rings. The summed E-state index contributed by atoms with van der Waals surface area (Å²) in [6.45, 7) is 2.89. The number of carboxylic acids is 1. The Bertz CT molecular complexity index is 446. The number of hydrogen-bond acceptors (Lipinski definition) is 2. The van der Waals surface area contributed by atoms with Gasteiger partial charge < -0.3 is 9.67 Å². The Morgan fingerprint density at radius 1 is 1.44 bits per heavy atom. The van der Waals surface area contributed by atoms with Crippen LogP contribution in [0.3, 0.4) is 0 Å². The molecule has 4 nitrogen and oxygen atoms in total. The van der Waals surface area contributed by atoms with Gasteiger partial charge in [0.05, 0.1) is 17.3 Å². The average molecular weight is 220 g/mol. The molecule has 0 saturated heterocycles. The van der Waals surface area contributed by atoms with Crippen molar-refractivity contribution in [1.29, 1.82) is 0 Å². The number of imidazole rings is 1. The lowest BCUT2D eigenvalue weighted by Gasteiger charge is -2.23. The minimum Gasteiger partial charge on any atom is -0.481 e.